The molecular formula is C15H14N4O. The molecule has 100 valence electrons. The maximum absolute atomic E-state index is 11.0. The highest BCUT2D eigenvalue weighted by molar-refractivity contribution is 5.90. The van der Waals surface area contributed by atoms with Crippen molar-refractivity contribution in [1.82, 2.24) is 20.1 Å². The summed E-state index contributed by atoms with van der Waals surface area (Å²) in [4.78, 5) is 15.2. The summed E-state index contributed by atoms with van der Waals surface area (Å²) >= 11 is 0. The monoisotopic (exact) mass is 266 g/mol. The molecule has 1 heterocycles. The van der Waals surface area contributed by atoms with E-state index in [0.29, 0.717) is 12.4 Å². The second-order valence-electron chi connectivity index (χ2n) is 4.50. The van der Waals surface area contributed by atoms with Crippen LogP contribution in [0.4, 0.5) is 0 Å². The Morgan fingerprint density at radius 3 is 2.85 bits per heavy atom. The molecule has 5 nitrogen and oxygen atoms in total. The van der Waals surface area contributed by atoms with Crippen molar-refractivity contribution in [2.45, 2.75) is 13.5 Å². The van der Waals surface area contributed by atoms with Crippen molar-refractivity contribution in [1.29, 1.82) is 0 Å². The Kier molecular flexibility index (Phi) is 3.16. The summed E-state index contributed by atoms with van der Waals surface area (Å²) in [6.45, 7) is 1.84. The van der Waals surface area contributed by atoms with E-state index in [0.717, 1.165) is 16.5 Å². The fraction of sp³-hybridized carbons (Fsp3) is 0.133. The van der Waals surface area contributed by atoms with Crippen LogP contribution >= 0.6 is 0 Å². The number of carbonyl (C=O) groups is 1. The molecule has 0 atom stereocenters. The number of rotatable bonds is 3. The van der Waals surface area contributed by atoms with Crippen molar-refractivity contribution in [3.63, 3.8) is 0 Å². The molecule has 0 fully saturated rings. The van der Waals surface area contributed by atoms with Gasteiger partial charge in [0.25, 0.3) is 0 Å². The summed E-state index contributed by atoms with van der Waals surface area (Å²) < 4.78 is 1.76. The first-order chi connectivity index (χ1) is 9.75. The normalized spacial score (nSPS) is 10.7. The molecule has 0 saturated heterocycles. The van der Waals surface area contributed by atoms with E-state index in [1.807, 2.05) is 24.3 Å². The van der Waals surface area contributed by atoms with Gasteiger partial charge in [-0.05, 0) is 11.5 Å². The van der Waals surface area contributed by atoms with Gasteiger partial charge in [0.2, 0.25) is 5.91 Å². The molecule has 2 aromatic carbocycles. The summed E-state index contributed by atoms with van der Waals surface area (Å²) in [5.74, 6) is 0.619. The molecule has 1 aromatic heterocycles. The van der Waals surface area contributed by atoms with Gasteiger partial charge in [0, 0.05) is 12.3 Å². The van der Waals surface area contributed by atoms with Crippen LogP contribution in [-0.2, 0) is 11.3 Å². The van der Waals surface area contributed by atoms with E-state index in [4.69, 9.17) is 0 Å². The average Bonchev–Trinajstić information content (AvgIpc) is 2.92. The third kappa shape index (κ3) is 2.25. The van der Waals surface area contributed by atoms with Crippen LogP contribution < -0.4 is 5.32 Å². The first-order valence-corrected chi connectivity index (χ1v) is 6.37. The zero-order valence-electron chi connectivity index (χ0n) is 11.1. The first kappa shape index (κ1) is 12.3. The molecule has 0 bridgehead atoms. The zero-order valence-corrected chi connectivity index (χ0v) is 11.1. The summed E-state index contributed by atoms with van der Waals surface area (Å²) in [6, 6.07) is 14.2. The lowest BCUT2D eigenvalue weighted by atomic mass is 10.1. The predicted molar refractivity (Wildman–Crippen MR) is 76.4 cm³/mol. The van der Waals surface area contributed by atoms with Crippen LogP contribution in [0.25, 0.3) is 16.5 Å². The largest absolute Gasteiger partial charge is 0.349 e. The number of hydrogen-bond acceptors (Lipinski definition) is 3. The van der Waals surface area contributed by atoms with Crippen molar-refractivity contribution in [3.8, 4) is 5.69 Å². The standard InChI is InChI=1S/C15H14N4O/c1-11(20)16-9-15-17-10-18-19(15)14-8-4-6-12-5-2-3-7-13(12)14/h2-8,10H,9H2,1H3,(H,16,20). The van der Waals surface area contributed by atoms with Crippen LogP contribution in [0, 0.1) is 0 Å². The van der Waals surface area contributed by atoms with E-state index < -0.39 is 0 Å². The second kappa shape index (κ2) is 5.13. The Balaban J connectivity index is 2.08. The number of aromatic nitrogens is 3. The molecular weight excluding hydrogens is 252 g/mol. The topological polar surface area (TPSA) is 59.8 Å². The minimum Gasteiger partial charge on any atom is -0.349 e. The van der Waals surface area contributed by atoms with E-state index in [-0.39, 0.29) is 5.91 Å². The molecule has 5 heteroatoms. The molecule has 0 radical (unpaired) electrons. The molecule has 0 aliphatic rings. The molecule has 0 spiro atoms. The second-order valence-corrected chi connectivity index (χ2v) is 4.50. The summed E-state index contributed by atoms with van der Waals surface area (Å²) in [5, 5.41) is 9.26. The van der Waals surface area contributed by atoms with Gasteiger partial charge in [0.15, 0.2) is 5.82 Å². The number of nitrogens with one attached hydrogen (secondary N) is 1. The molecule has 1 amide bonds. The number of amides is 1. The molecule has 0 saturated carbocycles. The maximum Gasteiger partial charge on any atom is 0.217 e. The number of hydrogen-bond donors (Lipinski definition) is 1. The van der Waals surface area contributed by atoms with Gasteiger partial charge in [-0.25, -0.2) is 9.67 Å². The van der Waals surface area contributed by atoms with Gasteiger partial charge >= 0.3 is 0 Å². The highest BCUT2D eigenvalue weighted by Crippen LogP contribution is 2.22. The average molecular weight is 266 g/mol. The maximum atomic E-state index is 11.0. The number of fused-ring (bicyclic) bond motifs is 1. The van der Waals surface area contributed by atoms with Gasteiger partial charge in [-0.3, -0.25) is 4.79 Å². The third-order valence-electron chi connectivity index (χ3n) is 3.11. The van der Waals surface area contributed by atoms with E-state index in [2.05, 4.69) is 33.6 Å². The Labute approximate surface area is 116 Å². The highest BCUT2D eigenvalue weighted by Gasteiger charge is 2.09. The van der Waals surface area contributed by atoms with Crippen molar-refractivity contribution in [2.24, 2.45) is 0 Å². The quantitative estimate of drug-likeness (QED) is 0.789. The SMILES string of the molecule is CC(=O)NCc1ncnn1-c1cccc2ccccc12. The lowest BCUT2D eigenvalue weighted by molar-refractivity contribution is -0.119. The van der Waals surface area contributed by atoms with Crippen LogP contribution in [0.5, 0.6) is 0 Å². The van der Waals surface area contributed by atoms with E-state index in [1.165, 1.54) is 13.3 Å². The Morgan fingerprint density at radius 2 is 2.00 bits per heavy atom. The molecule has 1 N–H and O–H groups in total. The summed E-state index contributed by atoms with van der Waals surface area (Å²) in [7, 11) is 0. The van der Waals surface area contributed by atoms with Gasteiger partial charge in [-0.2, -0.15) is 5.10 Å². The Bertz CT molecular complexity index is 758. The lowest BCUT2D eigenvalue weighted by Crippen LogP contribution is -2.21. The fourth-order valence-electron chi connectivity index (χ4n) is 2.18. The zero-order chi connectivity index (χ0) is 13.9. The van der Waals surface area contributed by atoms with Crippen LogP contribution in [0.15, 0.2) is 48.8 Å². The fourth-order valence-corrected chi connectivity index (χ4v) is 2.18. The van der Waals surface area contributed by atoms with E-state index in [1.54, 1.807) is 4.68 Å². The van der Waals surface area contributed by atoms with E-state index in [9.17, 15) is 4.79 Å². The van der Waals surface area contributed by atoms with Crippen LogP contribution in [0.3, 0.4) is 0 Å². The van der Waals surface area contributed by atoms with Gasteiger partial charge in [0.1, 0.15) is 6.33 Å². The summed E-state index contributed by atoms with van der Waals surface area (Å²) in [6.07, 6.45) is 1.50. The predicted octanol–water partition coefficient (Wildman–Crippen LogP) is 2.06. The number of nitrogens with zero attached hydrogens (tertiary/aromatic N) is 3. The molecule has 3 rings (SSSR count). The molecule has 3 aromatic rings. The molecule has 0 unspecified atom stereocenters. The minimum absolute atomic E-state index is 0.0857. The Hall–Kier alpha value is -2.69. The lowest BCUT2D eigenvalue weighted by Gasteiger charge is -2.09. The van der Waals surface area contributed by atoms with Crippen molar-refractivity contribution < 1.29 is 4.79 Å². The smallest absolute Gasteiger partial charge is 0.217 e. The van der Waals surface area contributed by atoms with Gasteiger partial charge in [-0.15, -0.1) is 0 Å². The molecule has 0 aliphatic carbocycles. The van der Waals surface area contributed by atoms with Crippen LogP contribution in [0.2, 0.25) is 0 Å². The minimum atomic E-state index is -0.0857. The van der Waals surface area contributed by atoms with Crippen LogP contribution in [0.1, 0.15) is 12.7 Å². The van der Waals surface area contributed by atoms with Crippen molar-refractivity contribution in [2.75, 3.05) is 0 Å². The van der Waals surface area contributed by atoms with Crippen LogP contribution in [-0.4, -0.2) is 20.7 Å². The molecule has 20 heavy (non-hydrogen) atoms. The molecule has 0 aliphatic heterocycles. The third-order valence-corrected chi connectivity index (χ3v) is 3.11. The van der Waals surface area contributed by atoms with Gasteiger partial charge < -0.3 is 5.32 Å². The highest BCUT2D eigenvalue weighted by atomic mass is 16.1. The first-order valence-electron chi connectivity index (χ1n) is 6.37. The van der Waals surface area contributed by atoms with E-state index >= 15 is 0 Å². The number of benzene rings is 2. The number of carbonyl (C=O) groups excluding carboxylic acids is 1. The van der Waals surface area contributed by atoms with Crippen molar-refractivity contribution >= 4 is 16.7 Å². The van der Waals surface area contributed by atoms with Gasteiger partial charge in [0.05, 0.1) is 12.2 Å². The summed E-state index contributed by atoms with van der Waals surface area (Å²) in [5.41, 5.74) is 0.959. The van der Waals surface area contributed by atoms with Gasteiger partial charge in [-0.1, -0.05) is 36.4 Å². The van der Waals surface area contributed by atoms with Crippen molar-refractivity contribution in [3.05, 3.63) is 54.6 Å². The Morgan fingerprint density at radius 1 is 1.20 bits per heavy atom.